The molecular weight excluding hydrogens is 268 g/mol. The highest BCUT2D eigenvalue weighted by Gasteiger charge is 2.25. The third-order valence-electron chi connectivity index (χ3n) is 3.66. The van der Waals surface area contributed by atoms with E-state index >= 15 is 0 Å². The van der Waals surface area contributed by atoms with Gasteiger partial charge in [0.15, 0.2) is 0 Å². The number of rotatable bonds is 4. The molecule has 1 aliphatic heterocycles. The standard InChI is InChI=1S/C16H26N2OS/c1-16(2,3)17-13-15(14-7-5-4-6-8-14)18-9-11-20(19)12-10-18/h4-8,15,17H,9-13H2,1-3H3. The summed E-state index contributed by atoms with van der Waals surface area (Å²) in [5, 5.41) is 3.61. The molecule has 0 bridgehead atoms. The van der Waals surface area contributed by atoms with Crippen LogP contribution in [0.15, 0.2) is 30.3 Å². The van der Waals surface area contributed by atoms with Crippen LogP contribution in [0.2, 0.25) is 0 Å². The van der Waals surface area contributed by atoms with E-state index in [0.717, 1.165) is 31.1 Å². The highest BCUT2D eigenvalue weighted by atomic mass is 32.2. The van der Waals surface area contributed by atoms with Crippen molar-refractivity contribution in [1.29, 1.82) is 0 Å². The summed E-state index contributed by atoms with van der Waals surface area (Å²) < 4.78 is 11.6. The fourth-order valence-electron chi connectivity index (χ4n) is 2.50. The van der Waals surface area contributed by atoms with Crippen LogP contribution in [0.1, 0.15) is 32.4 Å². The Morgan fingerprint density at radius 2 is 1.80 bits per heavy atom. The maximum Gasteiger partial charge on any atom is 0.0473 e. The lowest BCUT2D eigenvalue weighted by atomic mass is 10.0. The summed E-state index contributed by atoms with van der Waals surface area (Å²) in [6.07, 6.45) is 0. The summed E-state index contributed by atoms with van der Waals surface area (Å²) >= 11 is 0. The zero-order chi connectivity index (χ0) is 14.6. The summed E-state index contributed by atoms with van der Waals surface area (Å²) in [5.74, 6) is 1.61. The van der Waals surface area contributed by atoms with Gasteiger partial charge in [-0.25, -0.2) is 0 Å². The average molecular weight is 294 g/mol. The van der Waals surface area contributed by atoms with Gasteiger partial charge in [0.1, 0.15) is 0 Å². The molecule has 0 aliphatic carbocycles. The monoisotopic (exact) mass is 294 g/mol. The van der Waals surface area contributed by atoms with Gasteiger partial charge in [0.2, 0.25) is 0 Å². The first-order chi connectivity index (χ1) is 9.46. The molecule has 1 aromatic rings. The van der Waals surface area contributed by atoms with Crippen LogP contribution in [-0.4, -0.2) is 45.8 Å². The minimum atomic E-state index is -0.617. The molecule has 0 aromatic heterocycles. The van der Waals surface area contributed by atoms with Crippen molar-refractivity contribution in [2.45, 2.75) is 32.4 Å². The van der Waals surface area contributed by atoms with Crippen LogP contribution < -0.4 is 5.32 Å². The quantitative estimate of drug-likeness (QED) is 0.924. The predicted molar refractivity (Wildman–Crippen MR) is 86.4 cm³/mol. The number of nitrogens with one attached hydrogen (secondary N) is 1. The van der Waals surface area contributed by atoms with Gasteiger partial charge in [-0.1, -0.05) is 30.3 Å². The molecule has 1 heterocycles. The van der Waals surface area contributed by atoms with Crippen molar-refractivity contribution in [3.8, 4) is 0 Å². The SMILES string of the molecule is CC(C)(C)NCC(c1ccccc1)N1CCS(=O)CC1. The molecule has 1 unspecified atom stereocenters. The Labute approximate surface area is 125 Å². The van der Waals surface area contributed by atoms with Crippen molar-refractivity contribution in [3.05, 3.63) is 35.9 Å². The lowest BCUT2D eigenvalue weighted by Gasteiger charge is -2.36. The average Bonchev–Trinajstić information content (AvgIpc) is 2.41. The third kappa shape index (κ3) is 4.69. The van der Waals surface area contributed by atoms with Gasteiger partial charge in [0.25, 0.3) is 0 Å². The molecule has 0 amide bonds. The fraction of sp³-hybridized carbons (Fsp3) is 0.625. The van der Waals surface area contributed by atoms with E-state index in [4.69, 9.17) is 0 Å². The highest BCUT2D eigenvalue weighted by molar-refractivity contribution is 7.85. The second-order valence-corrected chi connectivity index (χ2v) is 8.14. The predicted octanol–water partition coefficient (Wildman–Crippen LogP) is 2.18. The molecule has 1 aliphatic rings. The van der Waals surface area contributed by atoms with Gasteiger partial charge in [-0.2, -0.15) is 0 Å². The van der Waals surface area contributed by atoms with Crippen molar-refractivity contribution < 1.29 is 4.21 Å². The fourth-order valence-corrected chi connectivity index (χ4v) is 3.58. The molecular formula is C16H26N2OS. The molecule has 0 spiro atoms. The largest absolute Gasteiger partial charge is 0.310 e. The van der Waals surface area contributed by atoms with E-state index in [9.17, 15) is 4.21 Å². The van der Waals surface area contributed by atoms with Crippen LogP contribution >= 0.6 is 0 Å². The lowest BCUT2D eigenvalue weighted by molar-refractivity contribution is 0.199. The van der Waals surface area contributed by atoms with E-state index in [1.807, 2.05) is 0 Å². The molecule has 2 rings (SSSR count). The normalized spacial score (nSPS) is 19.9. The third-order valence-corrected chi connectivity index (χ3v) is 4.94. The molecule has 20 heavy (non-hydrogen) atoms. The Morgan fingerprint density at radius 1 is 1.20 bits per heavy atom. The molecule has 0 radical (unpaired) electrons. The van der Waals surface area contributed by atoms with E-state index < -0.39 is 10.8 Å². The summed E-state index contributed by atoms with van der Waals surface area (Å²) in [5.41, 5.74) is 1.46. The Hall–Kier alpha value is -0.710. The van der Waals surface area contributed by atoms with Crippen LogP contribution in [0.4, 0.5) is 0 Å². The van der Waals surface area contributed by atoms with Crippen LogP contribution in [0.5, 0.6) is 0 Å². The molecule has 4 heteroatoms. The molecule has 1 aromatic carbocycles. The van der Waals surface area contributed by atoms with Crippen molar-refractivity contribution >= 4 is 10.8 Å². The van der Waals surface area contributed by atoms with Gasteiger partial charge in [-0.3, -0.25) is 9.11 Å². The summed E-state index contributed by atoms with van der Waals surface area (Å²) in [6, 6.07) is 11.0. The minimum absolute atomic E-state index is 0.117. The molecule has 1 saturated heterocycles. The second-order valence-electron chi connectivity index (χ2n) is 6.44. The van der Waals surface area contributed by atoms with Gasteiger partial charge in [0.05, 0.1) is 0 Å². The van der Waals surface area contributed by atoms with E-state index in [1.165, 1.54) is 5.56 Å². The maximum absolute atomic E-state index is 11.6. The van der Waals surface area contributed by atoms with Gasteiger partial charge < -0.3 is 5.32 Å². The summed E-state index contributed by atoms with van der Waals surface area (Å²) in [6.45, 7) is 9.37. The van der Waals surface area contributed by atoms with E-state index in [2.05, 4.69) is 61.3 Å². The smallest absolute Gasteiger partial charge is 0.0473 e. The molecule has 1 N–H and O–H groups in total. The first-order valence-electron chi connectivity index (χ1n) is 7.35. The molecule has 0 saturated carbocycles. The molecule has 1 atom stereocenters. The van der Waals surface area contributed by atoms with Gasteiger partial charge >= 0.3 is 0 Å². The van der Waals surface area contributed by atoms with Crippen LogP contribution in [0.3, 0.4) is 0 Å². The van der Waals surface area contributed by atoms with Crippen molar-refractivity contribution in [1.82, 2.24) is 10.2 Å². The number of nitrogens with zero attached hydrogens (tertiary/aromatic N) is 1. The first-order valence-corrected chi connectivity index (χ1v) is 8.83. The molecule has 1 fully saturated rings. The minimum Gasteiger partial charge on any atom is -0.310 e. The first kappa shape index (κ1) is 15.7. The van der Waals surface area contributed by atoms with Crippen molar-refractivity contribution in [3.63, 3.8) is 0 Å². The number of hydrogen-bond donors (Lipinski definition) is 1. The zero-order valence-electron chi connectivity index (χ0n) is 12.8. The van der Waals surface area contributed by atoms with Gasteiger partial charge in [0, 0.05) is 53.5 Å². The van der Waals surface area contributed by atoms with Gasteiger partial charge in [-0.05, 0) is 26.3 Å². The molecule has 3 nitrogen and oxygen atoms in total. The number of hydrogen-bond acceptors (Lipinski definition) is 3. The van der Waals surface area contributed by atoms with E-state index in [-0.39, 0.29) is 5.54 Å². The Kier molecular flexibility index (Phi) is 5.35. The van der Waals surface area contributed by atoms with Crippen LogP contribution in [0, 0.1) is 0 Å². The lowest BCUT2D eigenvalue weighted by Crippen LogP contribution is -2.47. The van der Waals surface area contributed by atoms with Crippen LogP contribution in [0.25, 0.3) is 0 Å². The van der Waals surface area contributed by atoms with Crippen molar-refractivity contribution in [2.24, 2.45) is 0 Å². The second kappa shape index (κ2) is 6.83. The topological polar surface area (TPSA) is 32.3 Å². The molecule has 112 valence electrons. The Bertz CT molecular complexity index is 432. The zero-order valence-corrected chi connectivity index (χ0v) is 13.6. The van der Waals surface area contributed by atoms with E-state index in [0.29, 0.717) is 6.04 Å². The van der Waals surface area contributed by atoms with Gasteiger partial charge in [-0.15, -0.1) is 0 Å². The number of benzene rings is 1. The Morgan fingerprint density at radius 3 is 2.35 bits per heavy atom. The van der Waals surface area contributed by atoms with Crippen LogP contribution in [-0.2, 0) is 10.8 Å². The maximum atomic E-state index is 11.6. The summed E-state index contributed by atoms with van der Waals surface area (Å²) in [7, 11) is -0.617. The highest BCUT2D eigenvalue weighted by Crippen LogP contribution is 2.22. The Balaban J connectivity index is 2.09. The van der Waals surface area contributed by atoms with E-state index in [1.54, 1.807) is 0 Å². The van der Waals surface area contributed by atoms with Crippen molar-refractivity contribution in [2.75, 3.05) is 31.1 Å². The summed E-state index contributed by atoms with van der Waals surface area (Å²) in [4.78, 5) is 2.47.